The van der Waals surface area contributed by atoms with Crippen LogP contribution >= 0.6 is 15.9 Å². The van der Waals surface area contributed by atoms with Gasteiger partial charge in [-0.15, -0.1) is 0 Å². The second kappa shape index (κ2) is 8.45. The van der Waals surface area contributed by atoms with Gasteiger partial charge in [0.05, 0.1) is 16.7 Å². The summed E-state index contributed by atoms with van der Waals surface area (Å²) in [5, 5.41) is 2.92. The van der Waals surface area contributed by atoms with Gasteiger partial charge in [0.25, 0.3) is 15.9 Å². The zero-order valence-electron chi connectivity index (χ0n) is 15.9. The van der Waals surface area contributed by atoms with E-state index in [1.165, 1.54) is 4.31 Å². The fourth-order valence-corrected chi connectivity index (χ4v) is 5.61. The molecule has 0 unspecified atom stereocenters. The van der Waals surface area contributed by atoms with Crippen LogP contribution in [0.5, 0.6) is 0 Å². The Morgan fingerprint density at radius 2 is 1.97 bits per heavy atom. The minimum atomic E-state index is -3.65. The molecular weight excluding hydrogens is 456 g/mol. The van der Waals surface area contributed by atoms with Crippen molar-refractivity contribution in [3.8, 4) is 0 Å². The number of amides is 1. The van der Waals surface area contributed by atoms with Crippen molar-refractivity contribution >= 4 is 37.5 Å². The van der Waals surface area contributed by atoms with Gasteiger partial charge in [-0.05, 0) is 73.7 Å². The van der Waals surface area contributed by atoms with Gasteiger partial charge in [-0.2, -0.15) is 0 Å². The van der Waals surface area contributed by atoms with Gasteiger partial charge in [-0.1, -0.05) is 15.9 Å². The fraction of sp³-hybridized carbons (Fsp3) is 0.381. The summed E-state index contributed by atoms with van der Waals surface area (Å²) in [4.78, 5) is 12.8. The Hall–Kier alpha value is -1.90. The molecule has 8 heteroatoms. The van der Waals surface area contributed by atoms with Gasteiger partial charge in [0.1, 0.15) is 0 Å². The lowest BCUT2D eigenvalue weighted by Crippen LogP contribution is -2.36. The third kappa shape index (κ3) is 4.34. The molecule has 1 amide bonds. The molecule has 1 atom stereocenters. The Labute approximate surface area is 179 Å². The molecule has 154 valence electrons. The Kier molecular flexibility index (Phi) is 5.94. The van der Waals surface area contributed by atoms with Crippen molar-refractivity contribution in [3.05, 3.63) is 58.1 Å². The largest absolute Gasteiger partial charge is 0.376 e. The molecule has 0 bridgehead atoms. The zero-order valence-corrected chi connectivity index (χ0v) is 18.3. The first-order valence-corrected chi connectivity index (χ1v) is 12.0. The molecule has 1 saturated heterocycles. The molecule has 2 heterocycles. The number of carbonyl (C=O) groups excluding carboxylic acids is 1. The highest BCUT2D eigenvalue weighted by Gasteiger charge is 2.29. The number of hydrogen-bond donors (Lipinski definition) is 1. The molecule has 2 aliphatic rings. The summed E-state index contributed by atoms with van der Waals surface area (Å²) >= 11 is 3.34. The van der Waals surface area contributed by atoms with Crippen molar-refractivity contribution in [1.29, 1.82) is 0 Å². The summed E-state index contributed by atoms with van der Waals surface area (Å²) in [6.45, 7) is 1.68. The van der Waals surface area contributed by atoms with E-state index in [0.29, 0.717) is 30.8 Å². The first kappa shape index (κ1) is 20.4. The van der Waals surface area contributed by atoms with E-state index in [4.69, 9.17) is 4.74 Å². The van der Waals surface area contributed by atoms with Crippen LogP contribution in [0.1, 0.15) is 35.2 Å². The summed E-state index contributed by atoms with van der Waals surface area (Å²) in [5.74, 6) is -0.156. The Morgan fingerprint density at radius 3 is 2.69 bits per heavy atom. The fourth-order valence-electron chi connectivity index (χ4n) is 3.80. The van der Waals surface area contributed by atoms with E-state index in [9.17, 15) is 13.2 Å². The molecule has 2 aromatic rings. The molecule has 1 N–H and O–H groups in total. The van der Waals surface area contributed by atoms with Crippen LogP contribution in [0.3, 0.4) is 0 Å². The number of carbonyl (C=O) groups is 1. The SMILES string of the molecule is O=C(NC[C@@H]1CCCO1)c1ccc2c(c1)CCCN2S(=O)(=O)c1ccc(Br)cc1. The van der Waals surface area contributed by atoms with Crippen LogP contribution < -0.4 is 9.62 Å². The lowest BCUT2D eigenvalue weighted by Gasteiger charge is -2.30. The van der Waals surface area contributed by atoms with Gasteiger partial charge >= 0.3 is 0 Å². The lowest BCUT2D eigenvalue weighted by atomic mass is 10.0. The minimum absolute atomic E-state index is 0.0862. The van der Waals surface area contributed by atoms with E-state index in [0.717, 1.165) is 35.9 Å². The maximum atomic E-state index is 13.1. The smallest absolute Gasteiger partial charge is 0.264 e. The van der Waals surface area contributed by atoms with Gasteiger partial charge in [-0.25, -0.2) is 8.42 Å². The van der Waals surface area contributed by atoms with E-state index in [2.05, 4.69) is 21.2 Å². The van der Waals surface area contributed by atoms with Crippen molar-refractivity contribution in [2.45, 2.75) is 36.7 Å². The summed E-state index contributed by atoms with van der Waals surface area (Å²) in [6, 6.07) is 11.9. The van der Waals surface area contributed by atoms with Crippen molar-refractivity contribution < 1.29 is 17.9 Å². The van der Waals surface area contributed by atoms with Gasteiger partial charge < -0.3 is 10.1 Å². The maximum absolute atomic E-state index is 13.1. The standard InChI is InChI=1S/C21H23BrN2O4S/c22-17-6-8-19(9-7-17)29(26,27)24-11-1-3-15-13-16(5-10-20(15)24)21(25)23-14-18-4-2-12-28-18/h5-10,13,18H,1-4,11-12,14H2,(H,23,25)/t18-/m0/s1. The number of nitrogens with zero attached hydrogens (tertiary/aromatic N) is 1. The second-order valence-corrected chi connectivity index (χ2v) is 10.1. The number of ether oxygens (including phenoxy) is 1. The average Bonchev–Trinajstić information content (AvgIpc) is 3.25. The van der Waals surface area contributed by atoms with Gasteiger partial charge in [0.2, 0.25) is 0 Å². The number of anilines is 1. The Bertz CT molecular complexity index is 1000. The molecule has 0 aliphatic carbocycles. The third-order valence-corrected chi connectivity index (χ3v) is 7.69. The number of halogens is 1. The molecule has 1 fully saturated rings. The first-order chi connectivity index (χ1) is 13.9. The van der Waals surface area contributed by atoms with Crippen LogP contribution in [0.25, 0.3) is 0 Å². The third-order valence-electron chi connectivity index (χ3n) is 5.33. The number of hydrogen-bond acceptors (Lipinski definition) is 4. The van der Waals surface area contributed by atoms with Crippen LogP contribution in [0, 0.1) is 0 Å². The number of nitrogens with one attached hydrogen (secondary N) is 1. The minimum Gasteiger partial charge on any atom is -0.376 e. The maximum Gasteiger partial charge on any atom is 0.264 e. The number of sulfonamides is 1. The number of aryl methyl sites for hydroxylation is 1. The summed E-state index contributed by atoms with van der Waals surface area (Å²) < 4.78 is 34.1. The molecule has 2 aliphatic heterocycles. The molecular formula is C21H23BrN2O4S. The van der Waals surface area contributed by atoms with Crippen LogP contribution in [-0.4, -0.2) is 40.1 Å². The monoisotopic (exact) mass is 478 g/mol. The highest BCUT2D eigenvalue weighted by Crippen LogP contribution is 2.33. The van der Waals surface area contributed by atoms with Gasteiger partial charge in [0, 0.05) is 29.7 Å². The van der Waals surface area contributed by atoms with E-state index < -0.39 is 10.0 Å². The Balaban J connectivity index is 1.55. The van der Waals surface area contributed by atoms with Crippen LogP contribution in [0.2, 0.25) is 0 Å². The van der Waals surface area contributed by atoms with Crippen molar-refractivity contribution in [2.75, 3.05) is 24.0 Å². The molecule has 0 aromatic heterocycles. The highest BCUT2D eigenvalue weighted by atomic mass is 79.9. The summed E-state index contributed by atoms with van der Waals surface area (Å²) in [6.07, 6.45) is 3.54. The molecule has 0 radical (unpaired) electrons. The number of benzene rings is 2. The van der Waals surface area contributed by atoms with E-state index in [-0.39, 0.29) is 16.9 Å². The highest BCUT2D eigenvalue weighted by molar-refractivity contribution is 9.10. The van der Waals surface area contributed by atoms with Crippen molar-refractivity contribution in [1.82, 2.24) is 5.32 Å². The van der Waals surface area contributed by atoms with Gasteiger partial charge in [0.15, 0.2) is 0 Å². The van der Waals surface area contributed by atoms with Crippen LogP contribution in [0.15, 0.2) is 51.8 Å². The molecule has 29 heavy (non-hydrogen) atoms. The predicted octanol–water partition coefficient (Wildman–Crippen LogP) is 3.50. The first-order valence-electron chi connectivity index (χ1n) is 9.76. The van der Waals surface area contributed by atoms with Crippen molar-refractivity contribution in [3.63, 3.8) is 0 Å². The van der Waals surface area contributed by atoms with Gasteiger partial charge in [-0.3, -0.25) is 9.10 Å². The summed E-state index contributed by atoms with van der Waals surface area (Å²) in [7, 11) is -3.65. The van der Waals surface area contributed by atoms with E-state index >= 15 is 0 Å². The molecule has 6 nitrogen and oxygen atoms in total. The van der Waals surface area contributed by atoms with E-state index in [1.807, 2.05) is 6.07 Å². The molecule has 0 saturated carbocycles. The molecule has 4 rings (SSSR count). The number of fused-ring (bicyclic) bond motifs is 1. The Morgan fingerprint density at radius 1 is 1.17 bits per heavy atom. The number of rotatable bonds is 5. The van der Waals surface area contributed by atoms with Crippen LogP contribution in [-0.2, 0) is 21.2 Å². The van der Waals surface area contributed by atoms with E-state index in [1.54, 1.807) is 36.4 Å². The predicted molar refractivity (Wildman–Crippen MR) is 115 cm³/mol. The lowest BCUT2D eigenvalue weighted by molar-refractivity contribution is 0.0857. The average molecular weight is 479 g/mol. The second-order valence-electron chi connectivity index (χ2n) is 7.32. The molecule has 2 aromatic carbocycles. The zero-order chi connectivity index (χ0) is 20.4. The molecule has 0 spiro atoms. The summed E-state index contributed by atoms with van der Waals surface area (Å²) in [5.41, 5.74) is 2.07. The topological polar surface area (TPSA) is 75.7 Å². The normalized spacial score (nSPS) is 19.1. The quantitative estimate of drug-likeness (QED) is 0.713. The van der Waals surface area contributed by atoms with Crippen LogP contribution in [0.4, 0.5) is 5.69 Å². The van der Waals surface area contributed by atoms with Crippen molar-refractivity contribution in [2.24, 2.45) is 0 Å².